The van der Waals surface area contributed by atoms with Gasteiger partial charge in [0.2, 0.25) is 0 Å². The van der Waals surface area contributed by atoms with Crippen molar-refractivity contribution in [2.24, 2.45) is 0 Å². The van der Waals surface area contributed by atoms with Crippen LogP contribution in [0.1, 0.15) is 83.1 Å². The van der Waals surface area contributed by atoms with Gasteiger partial charge in [0.05, 0.1) is 25.4 Å². The molecule has 12 rings (SSSR count). The molecule has 488 valence electrons. The minimum absolute atomic E-state index is 0.106. The van der Waals surface area contributed by atoms with Crippen molar-refractivity contribution in [1.29, 1.82) is 0 Å². The lowest BCUT2D eigenvalue weighted by molar-refractivity contribution is 0.260. The molecule has 0 aromatic heterocycles. The van der Waals surface area contributed by atoms with Crippen molar-refractivity contribution in [2.45, 2.75) is 124 Å². The Balaban J connectivity index is 0.888. The first-order valence-electron chi connectivity index (χ1n) is 32.7. The third kappa shape index (κ3) is 13.9. The van der Waals surface area contributed by atoms with E-state index in [-0.39, 0.29) is 41.2 Å². The SMILES string of the molecule is CC(C)(C)[Si](OCC1SC2=C(SC(=C3SC4=C(S3)SC(CO[Si](c3ccccc3)(c3ccccc3)C(C)(C)C)C(CO[Si](c3ccccc3)(c3ccccc3)C(C)(C)C)S4)S2)SC1CO[Si](c1ccccc1)(c1ccccc1)C(C)(C)C)(c1ccccc1)c1ccccc1. The highest BCUT2D eigenvalue weighted by atomic mass is 32.3. The molecule has 4 aliphatic rings. The lowest BCUT2D eigenvalue weighted by Crippen LogP contribution is -2.68. The van der Waals surface area contributed by atoms with E-state index >= 15 is 0 Å². The van der Waals surface area contributed by atoms with Gasteiger partial charge in [-0.1, -0.05) is 373 Å². The predicted octanol–water partition coefficient (Wildman–Crippen LogP) is 18.1. The molecule has 0 aliphatic carbocycles. The summed E-state index contributed by atoms with van der Waals surface area (Å²) in [5.41, 5.74) is 0. The minimum Gasteiger partial charge on any atom is -0.406 e. The van der Waals surface area contributed by atoms with Gasteiger partial charge in [-0.2, -0.15) is 0 Å². The molecular weight excluding hydrogens is 1370 g/mol. The zero-order chi connectivity index (χ0) is 66.0. The average Bonchev–Trinajstić information content (AvgIpc) is 0.967. The zero-order valence-corrected chi connectivity index (χ0v) is 66.7. The molecule has 4 nitrogen and oxygen atoms in total. The van der Waals surface area contributed by atoms with Gasteiger partial charge < -0.3 is 17.7 Å². The Morgan fingerprint density at radius 3 is 0.489 bits per heavy atom. The Bertz CT molecular complexity index is 3270. The first kappa shape index (κ1) is 70.4. The molecule has 0 saturated carbocycles. The molecule has 16 heteroatoms. The third-order valence-electron chi connectivity index (χ3n) is 18.6. The van der Waals surface area contributed by atoms with Crippen molar-refractivity contribution in [1.82, 2.24) is 0 Å². The second-order valence-corrected chi connectivity index (χ2v) is 56.5. The summed E-state index contributed by atoms with van der Waals surface area (Å²) in [6.45, 7) is 31.1. The van der Waals surface area contributed by atoms with Gasteiger partial charge in [0, 0.05) is 47.4 Å². The summed E-state index contributed by atoms with van der Waals surface area (Å²) in [5, 5.41) is 10.2. The molecule has 8 aromatic rings. The Labute approximate surface area is 599 Å². The predicted molar refractivity (Wildman–Crippen MR) is 431 cm³/mol. The van der Waals surface area contributed by atoms with Gasteiger partial charge in [-0.3, -0.25) is 0 Å². The van der Waals surface area contributed by atoms with E-state index < -0.39 is 33.3 Å². The van der Waals surface area contributed by atoms with Crippen molar-refractivity contribution in [3.63, 3.8) is 0 Å². The molecule has 0 saturated heterocycles. The van der Waals surface area contributed by atoms with Crippen LogP contribution in [0.4, 0.5) is 0 Å². The molecule has 94 heavy (non-hydrogen) atoms. The summed E-state index contributed by atoms with van der Waals surface area (Å²) in [4.78, 5) is 0. The monoisotopic (exact) mass is 1460 g/mol. The largest absolute Gasteiger partial charge is 0.406 e. The van der Waals surface area contributed by atoms with Crippen LogP contribution >= 0.6 is 94.1 Å². The van der Waals surface area contributed by atoms with Gasteiger partial charge in [-0.15, -0.1) is 47.0 Å². The maximum Gasteiger partial charge on any atom is 0.261 e. The molecule has 0 amide bonds. The first-order valence-corrected chi connectivity index (χ1v) is 47.1. The number of thioether (sulfide) groups is 8. The second kappa shape index (κ2) is 29.4. The highest BCUT2D eigenvalue weighted by molar-refractivity contribution is 8.46. The topological polar surface area (TPSA) is 36.9 Å². The van der Waals surface area contributed by atoms with Gasteiger partial charge in [0.1, 0.15) is 0 Å². The number of benzene rings is 8. The number of hydrogen-bond donors (Lipinski definition) is 0. The summed E-state index contributed by atoms with van der Waals surface area (Å²) in [6, 6.07) is 89.2. The van der Waals surface area contributed by atoms with Crippen molar-refractivity contribution >= 4 is 169 Å². The Morgan fingerprint density at radius 1 is 0.223 bits per heavy atom. The maximum absolute atomic E-state index is 7.96. The van der Waals surface area contributed by atoms with Gasteiger partial charge >= 0.3 is 0 Å². The van der Waals surface area contributed by atoms with E-state index in [9.17, 15) is 0 Å². The average molecular weight is 1460 g/mol. The Kier molecular flexibility index (Phi) is 22.0. The smallest absolute Gasteiger partial charge is 0.261 e. The summed E-state index contributed by atoms with van der Waals surface area (Å²) < 4.78 is 40.1. The molecule has 0 spiro atoms. The van der Waals surface area contributed by atoms with E-state index in [1.54, 1.807) is 0 Å². The van der Waals surface area contributed by atoms with Gasteiger partial charge in [-0.05, 0) is 61.6 Å². The highest BCUT2D eigenvalue weighted by Crippen LogP contribution is 2.70. The molecule has 4 atom stereocenters. The van der Waals surface area contributed by atoms with Crippen LogP contribution in [0.2, 0.25) is 20.2 Å². The van der Waals surface area contributed by atoms with Crippen LogP contribution in [-0.2, 0) is 17.7 Å². The molecule has 0 fully saturated rings. The van der Waals surface area contributed by atoms with Crippen LogP contribution in [0.3, 0.4) is 0 Å². The van der Waals surface area contributed by atoms with Crippen molar-refractivity contribution < 1.29 is 17.7 Å². The molecule has 4 heterocycles. The number of hydrogen-bond acceptors (Lipinski definition) is 12. The standard InChI is InChI=1S/C78H88O4S8Si4/c1-75(2,3)91(57-37-21-13-22-38-57,58-39-23-14-24-40-58)79-53-65-66(54-80-92(76(4,5)6,59-41-25-15-26-42-59)60-43-27-16-28-44-60)84-70-69(83-65)87-73(88-70)74-89-71-72(90-74)86-68(56-82-94(78(10,11)12,63-49-33-19-34-50-63)64-51-35-20-36-52-64)67(85-71)55-81-93(77(7,8)9,61-45-29-17-30-46-61)62-47-31-18-32-48-62/h13-52,65-68H,53-56H2,1-12H3. The molecule has 8 aromatic carbocycles. The molecular formula is C78H88O4S8Si4. The van der Waals surface area contributed by atoms with Crippen LogP contribution in [0, 0.1) is 0 Å². The van der Waals surface area contributed by atoms with Crippen molar-refractivity contribution in [2.75, 3.05) is 26.4 Å². The fourth-order valence-corrected chi connectivity index (χ4v) is 46.4. The zero-order valence-electron chi connectivity index (χ0n) is 56.1. The Morgan fingerprint density at radius 2 is 0.362 bits per heavy atom. The molecule has 0 bridgehead atoms. The van der Waals surface area contributed by atoms with E-state index in [1.165, 1.54) is 66.9 Å². The fraction of sp³-hybridized carbons (Fsp3) is 0.308. The maximum atomic E-state index is 7.96. The van der Waals surface area contributed by atoms with Crippen LogP contribution in [0.25, 0.3) is 0 Å². The third-order valence-corrected chi connectivity index (χ3v) is 51.6. The van der Waals surface area contributed by atoms with Gasteiger partial charge in [-0.25, -0.2) is 0 Å². The minimum atomic E-state index is -2.90. The molecule has 4 aliphatic heterocycles. The van der Waals surface area contributed by atoms with Crippen molar-refractivity contribution in [3.8, 4) is 0 Å². The quantitative estimate of drug-likeness (QED) is 0.0682. The van der Waals surface area contributed by atoms with Crippen LogP contribution in [-0.4, -0.2) is 80.7 Å². The summed E-state index contributed by atoms with van der Waals surface area (Å²) in [6.07, 6.45) is 0. The normalized spacial score (nSPS) is 19.4. The van der Waals surface area contributed by atoms with Gasteiger partial charge in [0.25, 0.3) is 33.3 Å². The lowest BCUT2D eigenvalue weighted by atomic mass is 10.2. The van der Waals surface area contributed by atoms with E-state index in [4.69, 9.17) is 17.7 Å². The highest BCUT2D eigenvalue weighted by Gasteiger charge is 2.56. The van der Waals surface area contributed by atoms with E-state index in [1.807, 2.05) is 94.1 Å². The molecule has 0 N–H and O–H groups in total. The summed E-state index contributed by atoms with van der Waals surface area (Å²) >= 11 is 16.1. The van der Waals surface area contributed by atoms with E-state index in [0.717, 1.165) is 0 Å². The summed E-state index contributed by atoms with van der Waals surface area (Å²) in [5.74, 6) is 0. The lowest BCUT2D eigenvalue weighted by Gasteiger charge is -2.46. The van der Waals surface area contributed by atoms with Gasteiger partial charge in [0.15, 0.2) is 0 Å². The second-order valence-electron chi connectivity index (χ2n) is 28.7. The van der Waals surface area contributed by atoms with Crippen LogP contribution < -0.4 is 41.5 Å². The van der Waals surface area contributed by atoms with Crippen LogP contribution in [0.15, 0.2) is 268 Å². The van der Waals surface area contributed by atoms with Crippen LogP contribution in [0.5, 0.6) is 0 Å². The van der Waals surface area contributed by atoms with E-state index in [2.05, 4.69) is 326 Å². The first-order chi connectivity index (χ1) is 45.1. The van der Waals surface area contributed by atoms with Crippen molar-refractivity contribution in [3.05, 3.63) is 268 Å². The molecule has 0 radical (unpaired) electrons. The Hall–Kier alpha value is -3.51. The number of rotatable bonds is 20. The fourth-order valence-electron chi connectivity index (χ4n) is 14.3. The summed E-state index contributed by atoms with van der Waals surface area (Å²) in [7, 11) is -11.6. The molecule has 4 unspecified atom stereocenters. The van der Waals surface area contributed by atoms with E-state index in [0.29, 0.717) is 26.4 Å².